The van der Waals surface area contributed by atoms with Crippen molar-refractivity contribution in [1.82, 2.24) is 0 Å². The van der Waals surface area contributed by atoms with Crippen LogP contribution in [-0.2, 0) is 4.79 Å². The second-order valence-corrected chi connectivity index (χ2v) is 6.01. The highest BCUT2D eigenvalue weighted by Gasteiger charge is 2.33. The Balaban J connectivity index is 2.16. The molecule has 0 saturated heterocycles. The van der Waals surface area contributed by atoms with Gasteiger partial charge in [-0.05, 0) is 38.3 Å². The van der Waals surface area contributed by atoms with Crippen LogP contribution in [0.4, 0.5) is 0 Å². The number of aryl methyl sites for hydroxylation is 1. The van der Waals surface area contributed by atoms with Crippen LogP contribution >= 0.6 is 11.3 Å². The van der Waals surface area contributed by atoms with Crippen LogP contribution in [0.2, 0.25) is 0 Å². The van der Waals surface area contributed by atoms with Gasteiger partial charge in [0.1, 0.15) is 0 Å². The molecule has 1 heterocycles. The molecular weight excluding hydrogens is 258 g/mol. The van der Waals surface area contributed by atoms with E-state index in [2.05, 4.69) is 0 Å². The molecule has 0 unspecified atom stereocenters. The highest BCUT2D eigenvalue weighted by atomic mass is 32.1. The van der Waals surface area contributed by atoms with Gasteiger partial charge in [-0.15, -0.1) is 11.3 Å². The van der Waals surface area contributed by atoms with Gasteiger partial charge in [-0.2, -0.15) is 5.26 Å². The molecule has 98 valence electrons. The van der Waals surface area contributed by atoms with E-state index in [4.69, 9.17) is 5.26 Å². The fraction of sp³-hybridized carbons (Fsp3) is 0.400. The smallest absolute Gasteiger partial charge is 0.197 e. The number of allylic oxidation sites excluding steroid dienone is 2. The summed E-state index contributed by atoms with van der Waals surface area (Å²) in [5.74, 6) is -1.89. The van der Waals surface area contributed by atoms with Crippen molar-refractivity contribution in [2.45, 2.75) is 26.2 Å². The van der Waals surface area contributed by atoms with E-state index in [1.54, 1.807) is 6.07 Å². The van der Waals surface area contributed by atoms with Gasteiger partial charge < -0.3 is 0 Å². The lowest BCUT2D eigenvalue weighted by Crippen LogP contribution is -2.29. The molecule has 19 heavy (non-hydrogen) atoms. The Morgan fingerprint density at radius 1 is 1.42 bits per heavy atom. The maximum Gasteiger partial charge on any atom is 0.197 e. The summed E-state index contributed by atoms with van der Waals surface area (Å²) in [5.41, 5.74) is 0. The van der Waals surface area contributed by atoms with Crippen molar-refractivity contribution in [1.29, 1.82) is 5.26 Å². The summed E-state index contributed by atoms with van der Waals surface area (Å²) in [4.78, 5) is 26.0. The van der Waals surface area contributed by atoms with Crippen LogP contribution in [0.5, 0.6) is 0 Å². The molecule has 0 saturated carbocycles. The van der Waals surface area contributed by atoms with E-state index in [1.165, 1.54) is 11.3 Å². The molecule has 4 heteroatoms. The zero-order valence-corrected chi connectivity index (χ0v) is 11.6. The van der Waals surface area contributed by atoms with Crippen molar-refractivity contribution in [3.05, 3.63) is 34.0 Å². The number of thiophene rings is 1. The van der Waals surface area contributed by atoms with Gasteiger partial charge in [0, 0.05) is 10.8 Å². The number of carbonyl (C=O) groups excluding carboxylic acids is 2. The number of Topliss-reactive ketones (excluding diaryl/α,β-unsaturated/α-hetero) is 2. The Morgan fingerprint density at radius 3 is 2.74 bits per heavy atom. The second kappa shape index (κ2) is 5.94. The molecular formula is C15H15NO2S. The molecule has 0 amide bonds. The van der Waals surface area contributed by atoms with Gasteiger partial charge in [-0.1, -0.05) is 12.2 Å². The first-order valence-electron chi connectivity index (χ1n) is 6.32. The summed E-state index contributed by atoms with van der Waals surface area (Å²) in [6.45, 7) is 1.90. The molecule has 0 bridgehead atoms. The predicted octanol–water partition coefficient (Wildman–Crippen LogP) is 3.30. The Kier molecular flexibility index (Phi) is 4.28. The summed E-state index contributed by atoms with van der Waals surface area (Å²) in [5, 5.41) is 9.16. The molecule has 1 aliphatic rings. The molecule has 0 N–H and O–H groups in total. The number of hydrogen-bond acceptors (Lipinski definition) is 4. The lowest BCUT2D eigenvalue weighted by Gasteiger charge is -2.18. The zero-order chi connectivity index (χ0) is 13.8. The number of hydrogen-bond donors (Lipinski definition) is 0. The highest BCUT2D eigenvalue weighted by molar-refractivity contribution is 7.14. The molecule has 1 aromatic rings. The lowest BCUT2D eigenvalue weighted by molar-refractivity contribution is -0.124. The molecule has 2 atom stereocenters. The van der Waals surface area contributed by atoms with Crippen LogP contribution < -0.4 is 0 Å². The Bertz CT molecular complexity index is 565. The molecule has 1 aromatic heterocycles. The normalized spacial score (nSPS) is 19.7. The van der Waals surface area contributed by atoms with Crippen molar-refractivity contribution in [3.8, 4) is 6.07 Å². The van der Waals surface area contributed by atoms with E-state index in [0.717, 1.165) is 17.7 Å². The fourth-order valence-corrected chi connectivity index (χ4v) is 3.09. The van der Waals surface area contributed by atoms with Crippen molar-refractivity contribution in [2.24, 2.45) is 11.8 Å². The van der Waals surface area contributed by atoms with Gasteiger partial charge in [-0.25, -0.2) is 0 Å². The van der Waals surface area contributed by atoms with Gasteiger partial charge in [-0.3, -0.25) is 9.59 Å². The Morgan fingerprint density at radius 2 is 2.21 bits per heavy atom. The molecule has 0 fully saturated rings. The average molecular weight is 273 g/mol. The van der Waals surface area contributed by atoms with Gasteiger partial charge >= 0.3 is 0 Å². The van der Waals surface area contributed by atoms with E-state index in [-0.39, 0.29) is 17.5 Å². The molecule has 0 radical (unpaired) electrons. The Labute approximate surface area is 116 Å². The third-order valence-electron chi connectivity index (χ3n) is 3.33. The van der Waals surface area contributed by atoms with Crippen LogP contribution in [0.3, 0.4) is 0 Å². The van der Waals surface area contributed by atoms with Crippen LogP contribution in [0, 0.1) is 30.1 Å². The van der Waals surface area contributed by atoms with Gasteiger partial charge in [0.25, 0.3) is 0 Å². The standard InChI is InChI=1S/C15H15NO2S/c1-10-7-8-13(19-10)15(18)12(9-16)14(17)11-5-3-2-4-6-11/h2-3,7-8,11-12H,4-6H2,1H3/t11-,12+/m0/s1. The van der Waals surface area contributed by atoms with E-state index in [1.807, 2.05) is 31.2 Å². The van der Waals surface area contributed by atoms with Crippen molar-refractivity contribution in [2.75, 3.05) is 0 Å². The molecule has 1 aliphatic carbocycles. The topological polar surface area (TPSA) is 57.9 Å². The quantitative estimate of drug-likeness (QED) is 0.480. The zero-order valence-electron chi connectivity index (χ0n) is 10.8. The first-order chi connectivity index (χ1) is 9.13. The lowest BCUT2D eigenvalue weighted by atomic mass is 9.83. The highest BCUT2D eigenvalue weighted by Crippen LogP contribution is 2.26. The minimum absolute atomic E-state index is 0.181. The number of nitriles is 1. The molecule has 2 rings (SSSR count). The summed E-state index contributed by atoms with van der Waals surface area (Å²) in [7, 11) is 0. The van der Waals surface area contributed by atoms with Crippen molar-refractivity contribution < 1.29 is 9.59 Å². The third kappa shape index (κ3) is 2.99. The number of ketones is 2. The van der Waals surface area contributed by atoms with Gasteiger partial charge in [0.15, 0.2) is 17.5 Å². The average Bonchev–Trinajstić information content (AvgIpc) is 2.87. The molecule has 0 spiro atoms. The van der Waals surface area contributed by atoms with E-state index in [9.17, 15) is 9.59 Å². The minimum Gasteiger partial charge on any atom is -0.297 e. The fourth-order valence-electron chi connectivity index (χ4n) is 2.25. The van der Waals surface area contributed by atoms with Crippen LogP contribution in [0.1, 0.15) is 33.8 Å². The number of rotatable bonds is 4. The first-order valence-corrected chi connectivity index (χ1v) is 7.14. The van der Waals surface area contributed by atoms with E-state index in [0.29, 0.717) is 11.3 Å². The van der Waals surface area contributed by atoms with E-state index >= 15 is 0 Å². The predicted molar refractivity (Wildman–Crippen MR) is 74.0 cm³/mol. The number of carbonyl (C=O) groups is 2. The minimum atomic E-state index is -1.14. The summed E-state index contributed by atoms with van der Waals surface area (Å²) >= 11 is 1.34. The third-order valence-corrected chi connectivity index (χ3v) is 4.35. The van der Waals surface area contributed by atoms with Gasteiger partial charge in [0.05, 0.1) is 10.9 Å². The molecule has 3 nitrogen and oxygen atoms in total. The van der Waals surface area contributed by atoms with Crippen LogP contribution in [0.25, 0.3) is 0 Å². The van der Waals surface area contributed by atoms with Gasteiger partial charge in [0.2, 0.25) is 0 Å². The van der Waals surface area contributed by atoms with Crippen molar-refractivity contribution in [3.63, 3.8) is 0 Å². The Hall–Kier alpha value is -1.73. The summed E-state index contributed by atoms with van der Waals surface area (Å²) in [6.07, 6.45) is 6.23. The van der Waals surface area contributed by atoms with Crippen LogP contribution in [-0.4, -0.2) is 11.6 Å². The van der Waals surface area contributed by atoms with Crippen molar-refractivity contribution >= 4 is 22.9 Å². The van der Waals surface area contributed by atoms with Crippen LogP contribution in [0.15, 0.2) is 24.3 Å². The maximum atomic E-state index is 12.3. The number of nitrogens with zero attached hydrogens (tertiary/aromatic N) is 1. The first kappa shape index (κ1) is 13.7. The monoisotopic (exact) mass is 273 g/mol. The summed E-state index contributed by atoms with van der Waals surface area (Å²) in [6, 6.07) is 5.42. The largest absolute Gasteiger partial charge is 0.297 e. The maximum absolute atomic E-state index is 12.3. The van der Waals surface area contributed by atoms with E-state index < -0.39 is 5.92 Å². The summed E-state index contributed by atoms with van der Waals surface area (Å²) < 4.78 is 0. The second-order valence-electron chi connectivity index (χ2n) is 4.72. The molecule has 0 aromatic carbocycles. The SMILES string of the molecule is Cc1ccc(C(=O)[C@H](C#N)C(=O)[C@H]2CC=CCC2)s1. The molecule has 0 aliphatic heterocycles.